The lowest BCUT2D eigenvalue weighted by atomic mass is 10.2. The number of carbonyl (C=O) groups is 1. The average molecular weight is 281 g/mol. The van der Waals surface area contributed by atoms with Crippen molar-refractivity contribution in [2.45, 2.75) is 6.42 Å². The minimum atomic E-state index is -0.229. The number of aliphatic hydroxyl groups excluding tert-OH is 1. The summed E-state index contributed by atoms with van der Waals surface area (Å²) in [6.45, 7) is 0.305. The van der Waals surface area contributed by atoms with Crippen LogP contribution in [0.15, 0.2) is 42.7 Å². The van der Waals surface area contributed by atoms with Crippen LogP contribution < -0.4 is 5.32 Å². The van der Waals surface area contributed by atoms with E-state index in [0.717, 1.165) is 5.69 Å². The van der Waals surface area contributed by atoms with Crippen LogP contribution in [0.5, 0.6) is 0 Å². The molecule has 0 aliphatic carbocycles. The Morgan fingerprint density at radius 2 is 2.14 bits per heavy atom. The third kappa shape index (κ3) is 4.71. The minimum Gasteiger partial charge on any atom is -0.384 e. The second-order valence-corrected chi connectivity index (χ2v) is 4.22. The van der Waals surface area contributed by atoms with Gasteiger partial charge in [-0.3, -0.25) is 9.78 Å². The van der Waals surface area contributed by atoms with E-state index in [9.17, 15) is 4.79 Å². The molecule has 0 radical (unpaired) electrons. The van der Waals surface area contributed by atoms with Crippen LogP contribution >= 0.6 is 0 Å². The highest BCUT2D eigenvalue weighted by molar-refractivity contribution is 5.92. The number of pyridine rings is 2. The second kappa shape index (κ2) is 7.78. The topological polar surface area (TPSA) is 75.1 Å². The molecule has 2 rings (SSSR count). The van der Waals surface area contributed by atoms with Gasteiger partial charge in [-0.2, -0.15) is 0 Å². The van der Waals surface area contributed by atoms with E-state index < -0.39 is 0 Å². The Balaban J connectivity index is 1.85. The van der Waals surface area contributed by atoms with Crippen molar-refractivity contribution in [2.24, 2.45) is 0 Å². The first-order valence-corrected chi connectivity index (χ1v) is 6.53. The van der Waals surface area contributed by atoms with Crippen LogP contribution in [0.25, 0.3) is 0 Å². The molecule has 2 heterocycles. The molecule has 0 atom stereocenters. The number of hydrogen-bond acceptors (Lipinski definition) is 4. The monoisotopic (exact) mass is 281 g/mol. The molecule has 0 aliphatic heterocycles. The first-order valence-electron chi connectivity index (χ1n) is 6.53. The maximum atomic E-state index is 11.9. The first kappa shape index (κ1) is 14.7. The lowest BCUT2D eigenvalue weighted by Crippen LogP contribution is -2.26. The summed E-state index contributed by atoms with van der Waals surface area (Å²) in [4.78, 5) is 20.1. The van der Waals surface area contributed by atoms with E-state index in [-0.39, 0.29) is 12.5 Å². The SMILES string of the molecule is O=C(NCCc1ccccn1)c1ccc(C#CCO)cn1. The summed E-state index contributed by atoms with van der Waals surface area (Å²) in [6.07, 6.45) is 3.91. The molecule has 0 unspecified atom stereocenters. The van der Waals surface area contributed by atoms with Crippen molar-refractivity contribution >= 4 is 5.91 Å². The number of amides is 1. The minimum absolute atomic E-state index is 0.199. The molecule has 0 saturated heterocycles. The summed E-state index contributed by atoms with van der Waals surface area (Å²) >= 11 is 0. The van der Waals surface area contributed by atoms with Crippen molar-refractivity contribution in [1.29, 1.82) is 0 Å². The fraction of sp³-hybridized carbons (Fsp3) is 0.188. The molecule has 2 N–H and O–H groups in total. The summed E-state index contributed by atoms with van der Waals surface area (Å²) in [5.74, 6) is 5.02. The van der Waals surface area contributed by atoms with Crippen molar-refractivity contribution in [1.82, 2.24) is 15.3 Å². The van der Waals surface area contributed by atoms with E-state index in [1.165, 1.54) is 6.20 Å². The number of rotatable bonds is 4. The zero-order valence-corrected chi connectivity index (χ0v) is 11.4. The van der Waals surface area contributed by atoms with Crippen molar-refractivity contribution in [3.05, 3.63) is 59.7 Å². The van der Waals surface area contributed by atoms with Crippen LogP contribution in [0, 0.1) is 11.8 Å². The lowest BCUT2D eigenvalue weighted by molar-refractivity contribution is 0.0949. The third-order valence-corrected chi connectivity index (χ3v) is 2.70. The molecule has 0 saturated carbocycles. The highest BCUT2D eigenvalue weighted by Crippen LogP contribution is 1.99. The molecule has 5 heteroatoms. The summed E-state index contributed by atoms with van der Waals surface area (Å²) in [6, 6.07) is 8.99. The van der Waals surface area contributed by atoms with E-state index in [2.05, 4.69) is 27.1 Å². The molecule has 2 aromatic heterocycles. The van der Waals surface area contributed by atoms with Crippen LogP contribution in [0.1, 0.15) is 21.7 Å². The van der Waals surface area contributed by atoms with Gasteiger partial charge in [0.2, 0.25) is 0 Å². The Bertz CT molecular complexity index is 643. The Morgan fingerprint density at radius 1 is 1.24 bits per heavy atom. The van der Waals surface area contributed by atoms with Crippen LogP contribution in [0.4, 0.5) is 0 Å². The molecule has 21 heavy (non-hydrogen) atoms. The lowest BCUT2D eigenvalue weighted by Gasteiger charge is -2.04. The van der Waals surface area contributed by atoms with Crippen molar-refractivity contribution in [2.75, 3.05) is 13.2 Å². The van der Waals surface area contributed by atoms with Gasteiger partial charge in [0.05, 0.1) is 0 Å². The molecule has 0 bridgehead atoms. The predicted molar refractivity (Wildman–Crippen MR) is 78.5 cm³/mol. The third-order valence-electron chi connectivity index (χ3n) is 2.70. The number of nitrogens with zero attached hydrogens (tertiary/aromatic N) is 2. The Kier molecular flexibility index (Phi) is 5.44. The quantitative estimate of drug-likeness (QED) is 0.813. The zero-order chi connectivity index (χ0) is 14.9. The smallest absolute Gasteiger partial charge is 0.269 e. The van der Waals surface area contributed by atoms with Gasteiger partial charge in [0.25, 0.3) is 5.91 Å². The highest BCUT2D eigenvalue weighted by Gasteiger charge is 2.06. The molecular formula is C16H15N3O2. The maximum absolute atomic E-state index is 11.9. The van der Waals surface area contributed by atoms with E-state index in [0.29, 0.717) is 24.2 Å². The van der Waals surface area contributed by atoms with E-state index in [1.807, 2.05) is 18.2 Å². The summed E-state index contributed by atoms with van der Waals surface area (Å²) in [7, 11) is 0. The number of aromatic nitrogens is 2. The summed E-state index contributed by atoms with van der Waals surface area (Å²) in [5.41, 5.74) is 1.93. The molecule has 0 fully saturated rings. The van der Waals surface area contributed by atoms with Gasteiger partial charge in [-0.05, 0) is 24.3 Å². The largest absolute Gasteiger partial charge is 0.384 e. The molecule has 0 spiro atoms. The molecule has 0 aliphatic rings. The second-order valence-electron chi connectivity index (χ2n) is 4.22. The van der Waals surface area contributed by atoms with Gasteiger partial charge in [-0.1, -0.05) is 17.9 Å². The number of hydrogen-bond donors (Lipinski definition) is 2. The number of aliphatic hydroxyl groups is 1. The molecule has 1 amide bonds. The van der Waals surface area contributed by atoms with Gasteiger partial charge < -0.3 is 10.4 Å². The first-order chi connectivity index (χ1) is 10.3. The van der Waals surface area contributed by atoms with E-state index >= 15 is 0 Å². The fourth-order valence-corrected chi connectivity index (χ4v) is 1.68. The van der Waals surface area contributed by atoms with Crippen molar-refractivity contribution < 1.29 is 9.90 Å². The van der Waals surface area contributed by atoms with Gasteiger partial charge in [0.1, 0.15) is 12.3 Å². The highest BCUT2D eigenvalue weighted by atomic mass is 16.2. The fourth-order valence-electron chi connectivity index (χ4n) is 1.68. The van der Waals surface area contributed by atoms with Crippen LogP contribution in [-0.4, -0.2) is 34.1 Å². The molecule has 2 aromatic rings. The Hall–Kier alpha value is -2.71. The van der Waals surface area contributed by atoms with Gasteiger partial charge in [-0.25, -0.2) is 4.98 Å². The van der Waals surface area contributed by atoms with Crippen molar-refractivity contribution in [3.63, 3.8) is 0 Å². The van der Waals surface area contributed by atoms with Gasteiger partial charge >= 0.3 is 0 Å². The van der Waals surface area contributed by atoms with Crippen LogP contribution in [-0.2, 0) is 6.42 Å². The standard InChI is InChI=1S/C16H15N3O2/c20-11-3-4-13-6-7-15(19-12-13)16(21)18-10-8-14-5-1-2-9-17-14/h1-2,5-7,9,12,20H,8,10-11H2,(H,18,21). The van der Waals surface area contributed by atoms with Crippen LogP contribution in [0.2, 0.25) is 0 Å². The zero-order valence-electron chi connectivity index (χ0n) is 11.4. The average Bonchev–Trinajstić information content (AvgIpc) is 2.54. The number of nitrogens with one attached hydrogen (secondary N) is 1. The maximum Gasteiger partial charge on any atom is 0.269 e. The van der Waals surface area contributed by atoms with Gasteiger partial charge in [-0.15, -0.1) is 0 Å². The molecule has 106 valence electrons. The Labute approximate surface area is 123 Å². The van der Waals surface area contributed by atoms with Gasteiger partial charge in [0.15, 0.2) is 0 Å². The predicted octanol–water partition coefficient (Wildman–Crippen LogP) is 0.793. The molecule has 5 nitrogen and oxygen atoms in total. The summed E-state index contributed by atoms with van der Waals surface area (Å²) < 4.78 is 0. The normalized spacial score (nSPS) is 9.57. The van der Waals surface area contributed by atoms with Crippen LogP contribution in [0.3, 0.4) is 0 Å². The number of carbonyl (C=O) groups excluding carboxylic acids is 1. The van der Waals surface area contributed by atoms with E-state index in [1.54, 1.807) is 18.3 Å². The molecule has 0 aromatic carbocycles. The molecular weight excluding hydrogens is 266 g/mol. The van der Waals surface area contributed by atoms with E-state index in [4.69, 9.17) is 5.11 Å². The summed E-state index contributed by atoms with van der Waals surface area (Å²) in [5, 5.41) is 11.4. The van der Waals surface area contributed by atoms with Gasteiger partial charge in [0, 0.05) is 36.6 Å². The van der Waals surface area contributed by atoms with Crippen molar-refractivity contribution in [3.8, 4) is 11.8 Å². The Morgan fingerprint density at radius 3 is 2.81 bits per heavy atom.